The number of hydrogen-bond acceptors (Lipinski definition) is 5. The van der Waals surface area contributed by atoms with Crippen LogP contribution in [0.15, 0.2) is 36.5 Å². The molecular weight excluding hydrogens is 373 g/mol. The summed E-state index contributed by atoms with van der Waals surface area (Å²) >= 11 is 1.61. The molecule has 1 unspecified atom stereocenters. The number of anilines is 1. The van der Waals surface area contributed by atoms with Gasteiger partial charge in [-0.1, -0.05) is 0 Å². The van der Waals surface area contributed by atoms with Gasteiger partial charge in [0.05, 0.1) is 0 Å². The van der Waals surface area contributed by atoms with Gasteiger partial charge in [-0.05, 0) is 56.4 Å². The van der Waals surface area contributed by atoms with Gasteiger partial charge in [0.15, 0.2) is 5.82 Å². The average molecular weight is 396 g/mol. The molecule has 1 aliphatic rings. The summed E-state index contributed by atoms with van der Waals surface area (Å²) in [5, 5.41) is 6.10. The first-order chi connectivity index (χ1) is 13.5. The lowest BCUT2D eigenvalue weighted by Crippen LogP contribution is -2.31. The molecule has 3 aromatic heterocycles. The Morgan fingerprint density at radius 3 is 2.82 bits per heavy atom. The molecule has 4 aromatic rings. The fourth-order valence-electron chi connectivity index (χ4n) is 3.95. The lowest BCUT2D eigenvalue weighted by molar-refractivity contribution is 0.315. The Morgan fingerprint density at radius 1 is 1.18 bits per heavy atom. The van der Waals surface area contributed by atoms with Crippen molar-refractivity contribution in [2.45, 2.75) is 12.5 Å². The first-order valence-corrected chi connectivity index (χ1v) is 10.2. The molecule has 0 spiro atoms. The Kier molecular flexibility index (Phi) is 4.10. The maximum atomic E-state index is 14.5. The third kappa shape index (κ3) is 2.95. The van der Waals surface area contributed by atoms with Gasteiger partial charge in [0, 0.05) is 48.0 Å². The molecule has 0 N–H and O–H groups in total. The van der Waals surface area contributed by atoms with Crippen molar-refractivity contribution in [3.8, 4) is 10.4 Å². The standard InChI is InChI=1S/C21H22FN5S/c1-25(2)16-6-7-27(12-16)19-5-4-13-10-18(28-21(13)23-19)14-8-15-11-26(3)24-20(15)17(22)9-14/h4-5,8-11,16H,6-7,12H2,1-3H3. The Morgan fingerprint density at radius 2 is 2.04 bits per heavy atom. The van der Waals surface area contributed by atoms with Crippen LogP contribution in [-0.2, 0) is 7.05 Å². The summed E-state index contributed by atoms with van der Waals surface area (Å²) in [4.78, 5) is 11.6. The Labute approximate surface area is 167 Å². The maximum Gasteiger partial charge on any atom is 0.151 e. The van der Waals surface area contributed by atoms with Gasteiger partial charge >= 0.3 is 0 Å². The summed E-state index contributed by atoms with van der Waals surface area (Å²) < 4.78 is 16.1. The van der Waals surface area contributed by atoms with Gasteiger partial charge in [-0.25, -0.2) is 9.37 Å². The number of rotatable bonds is 3. The molecule has 0 amide bonds. The number of hydrogen-bond donors (Lipinski definition) is 0. The van der Waals surface area contributed by atoms with E-state index in [0.29, 0.717) is 11.6 Å². The quantitative estimate of drug-likeness (QED) is 0.523. The van der Waals surface area contributed by atoms with Gasteiger partial charge in [0.1, 0.15) is 16.2 Å². The molecule has 7 heteroatoms. The van der Waals surface area contributed by atoms with E-state index in [1.807, 2.05) is 19.3 Å². The first kappa shape index (κ1) is 17.6. The van der Waals surface area contributed by atoms with Crippen LogP contribution in [0.4, 0.5) is 10.2 Å². The number of pyridine rings is 1. The van der Waals surface area contributed by atoms with Gasteiger partial charge in [-0.2, -0.15) is 5.10 Å². The van der Waals surface area contributed by atoms with Crippen LogP contribution >= 0.6 is 11.3 Å². The number of nitrogens with zero attached hydrogens (tertiary/aromatic N) is 5. The van der Waals surface area contributed by atoms with E-state index in [1.165, 1.54) is 0 Å². The SMILES string of the molecule is CN(C)C1CCN(c2ccc3cc(-c4cc(F)c5nn(C)cc5c4)sc3n2)C1. The van der Waals surface area contributed by atoms with E-state index >= 15 is 0 Å². The molecule has 5 rings (SSSR count). The third-order valence-electron chi connectivity index (χ3n) is 5.55. The van der Waals surface area contributed by atoms with Gasteiger partial charge in [0.25, 0.3) is 0 Å². The fraction of sp³-hybridized carbons (Fsp3) is 0.333. The molecule has 144 valence electrons. The van der Waals surface area contributed by atoms with Crippen molar-refractivity contribution < 1.29 is 4.39 Å². The van der Waals surface area contributed by atoms with Gasteiger partial charge in [0.2, 0.25) is 0 Å². The van der Waals surface area contributed by atoms with E-state index in [9.17, 15) is 4.39 Å². The molecule has 1 saturated heterocycles. The number of benzene rings is 1. The maximum absolute atomic E-state index is 14.5. The molecule has 0 radical (unpaired) electrons. The molecule has 5 nitrogen and oxygen atoms in total. The minimum atomic E-state index is -0.286. The summed E-state index contributed by atoms with van der Waals surface area (Å²) in [6.07, 6.45) is 3.01. The molecule has 1 fully saturated rings. The van der Waals surface area contributed by atoms with Crippen molar-refractivity contribution in [2.24, 2.45) is 7.05 Å². The summed E-state index contributed by atoms with van der Waals surface area (Å²) in [7, 11) is 6.08. The highest BCUT2D eigenvalue weighted by atomic mass is 32.1. The Hall–Kier alpha value is -2.51. The van der Waals surface area contributed by atoms with Crippen LogP contribution in [0.5, 0.6) is 0 Å². The fourth-order valence-corrected chi connectivity index (χ4v) is 4.97. The van der Waals surface area contributed by atoms with Crippen LogP contribution in [0, 0.1) is 5.82 Å². The number of halogens is 1. The van der Waals surface area contributed by atoms with Crippen molar-refractivity contribution in [1.29, 1.82) is 0 Å². The third-order valence-corrected chi connectivity index (χ3v) is 6.64. The molecule has 1 aromatic carbocycles. The van der Waals surface area contributed by atoms with Crippen LogP contribution in [0.1, 0.15) is 6.42 Å². The van der Waals surface area contributed by atoms with Crippen molar-refractivity contribution in [1.82, 2.24) is 19.7 Å². The normalized spacial score (nSPS) is 17.5. The van der Waals surface area contributed by atoms with Crippen molar-refractivity contribution in [3.63, 3.8) is 0 Å². The molecule has 1 atom stereocenters. The van der Waals surface area contributed by atoms with Gasteiger partial charge < -0.3 is 9.80 Å². The van der Waals surface area contributed by atoms with Crippen LogP contribution in [0.3, 0.4) is 0 Å². The number of fused-ring (bicyclic) bond motifs is 2. The smallest absolute Gasteiger partial charge is 0.151 e. The van der Waals surface area contributed by atoms with Crippen molar-refractivity contribution in [3.05, 3.63) is 42.3 Å². The summed E-state index contributed by atoms with van der Waals surface area (Å²) in [6.45, 7) is 2.04. The Balaban J connectivity index is 1.50. The molecule has 4 heterocycles. The van der Waals surface area contributed by atoms with E-state index in [1.54, 1.807) is 22.1 Å². The number of aryl methyl sites for hydroxylation is 1. The van der Waals surface area contributed by atoms with Crippen LogP contribution in [-0.4, -0.2) is 52.9 Å². The van der Waals surface area contributed by atoms with Crippen LogP contribution in [0.2, 0.25) is 0 Å². The highest BCUT2D eigenvalue weighted by molar-refractivity contribution is 7.21. The minimum Gasteiger partial charge on any atom is -0.355 e. The second kappa shape index (κ2) is 6.53. The van der Waals surface area contributed by atoms with Crippen LogP contribution in [0.25, 0.3) is 31.6 Å². The predicted molar refractivity (Wildman–Crippen MR) is 114 cm³/mol. The van der Waals surface area contributed by atoms with Crippen molar-refractivity contribution >= 4 is 38.3 Å². The number of likely N-dealkylation sites (N-methyl/N-ethyl adjacent to an activating group) is 1. The lowest BCUT2D eigenvalue weighted by atomic mass is 10.1. The van der Waals surface area contributed by atoms with E-state index in [2.05, 4.69) is 47.2 Å². The second-order valence-electron chi connectivity index (χ2n) is 7.73. The molecule has 0 bridgehead atoms. The van der Waals surface area contributed by atoms with Gasteiger partial charge in [-0.3, -0.25) is 4.68 Å². The molecule has 0 saturated carbocycles. The summed E-state index contributed by atoms with van der Waals surface area (Å²) in [5.74, 6) is 0.741. The number of thiophene rings is 1. The minimum absolute atomic E-state index is 0.286. The zero-order valence-corrected chi connectivity index (χ0v) is 17.0. The first-order valence-electron chi connectivity index (χ1n) is 9.43. The molecule has 1 aliphatic heterocycles. The topological polar surface area (TPSA) is 37.2 Å². The summed E-state index contributed by atoms with van der Waals surface area (Å²) in [6, 6.07) is 10.5. The van der Waals surface area contributed by atoms with Crippen LogP contribution < -0.4 is 4.90 Å². The number of aromatic nitrogens is 3. The lowest BCUT2D eigenvalue weighted by Gasteiger charge is -2.21. The zero-order chi connectivity index (χ0) is 19.4. The van der Waals surface area contributed by atoms with E-state index < -0.39 is 0 Å². The average Bonchev–Trinajstić information content (AvgIpc) is 3.38. The summed E-state index contributed by atoms with van der Waals surface area (Å²) in [5.41, 5.74) is 1.29. The van der Waals surface area contributed by atoms with E-state index in [0.717, 1.165) is 51.4 Å². The highest BCUT2D eigenvalue weighted by Gasteiger charge is 2.25. The second-order valence-corrected chi connectivity index (χ2v) is 8.76. The zero-order valence-electron chi connectivity index (χ0n) is 16.2. The molecule has 28 heavy (non-hydrogen) atoms. The van der Waals surface area contributed by atoms with Crippen molar-refractivity contribution in [2.75, 3.05) is 32.1 Å². The monoisotopic (exact) mass is 395 g/mol. The largest absolute Gasteiger partial charge is 0.355 e. The molecule has 0 aliphatic carbocycles. The predicted octanol–water partition coefficient (Wildman–Crippen LogP) is 4.13. The van der Waals surface area contributed by atoms with Gasteiger partial charge in [-0.15, -0.1) is 11.3 Å². The molecular formula is C21H22FN5S. The van der Waals surface area contributed by atoms with E-state index in [4.69, 9.17) is 4.98 Å². The Bertz CT molecular complexity index is 1180. The van der Waals surface area contributed by atoms with E-state index in [-0.39, 0.29) is 5.82 Å². The highest BCUT2D eigenvalue weighted by Crippen LogP contribution is 2.36.